The number of hydrogen-bond acceptors (Lipinski definition) is 7. The largest absolute Gasteiger partial charge is 0.467 e. The summed E-state index contributed by atoms with van der Waals surface area (Å²) in [5, 5.41) is 12.9. The number of esters is 1. The number of rotatable bonds is 8. The van der Waals surface area contributed by atoms with Crippen molar-refractivity contribution in [2.75, 3.05) is 13.7 Å². The summed E-state index contributed by atoms with van der Waals surface area (Å²) in [6.45, 7) is 1.18. The van der Waals surface area contributed by atoms with E-state index in [-0.39, 0.29) is 13.0 Å². The van der Waals surface area contributed by atoms with Gasteiger partial charge in [-0.05, 0) is 19.1 Å². The lowest BCUT2D eigenvalue weighted by Gasteiger charge is -2.14. The molecular formula is C17H19N5O5. The van der Waals surface area contributed by atoms with E-state index in [0.29, 0.717) is 11.3 Å². The Balaban J connectivity index is 1.92. The van der Waals surface area contributed by atoms with Gasteiger partial charge in [0.1, 0.15) is 0 Å². The summed E-state index contributed by atoms with van der Waals surface area (Å²) in [6, 6.07) is 5.39. The van der Waals surface area contributed by atoms with Gasteiger partial charge in [-0.3, -0.25) is 14.4 Å². The van der Waals surface area contributed by atoms with E-state index < -0.39 is 29.6 Å². The van der Waals surface area contributed by atoms with Crippen molar-refractivity contribution in [3.05, 3.63) is 42.2 Å². The first-order valence-corrected chi connectivity index (χ1v) is 8.05. The molecule has 1 aromatic carbocycles. The molecule has 1 atom stereocenters. The van der Waals surface area contributed by atoms with Crippen molar-refractivity contribution in [3.63, 3.8) is 0 Å². The van der Waals surface area contributed by atoms with E-state index in [1.807, 2.05) is 0 Å². The first-order valence-electron chi connectivity index (χ1n) is 8.05. The molecule has 2 rings (SSSR count). The number of carbonyl (C=O) groups excluding carboxylic acids is 4. The Labute approximate surface area is 154 Å². The molecule has 0 saturated carbocycles. The van der Waals surface area contributed by atoms with Gasteiger partial charge < -0.3 is 15.4 Å². The number of carbonyl (C=O) groups is 4. The van der Waals surface area contributed by atoms with Gasteiger partial charge in [-0.15, -0.1) is 0 Å². The zero-order valence-corrected chi connectivity index (χ0v) is 14.8. The highest BCUT2D eigenvalue weighted by Crippen LogP contribution is 2.12. The minimum absolute atomic E-state index is 0.0112. The quantitative estimate of drug-likeness (QED) is 0.477. The molecule has 0 saturated heterocycles. The molecule has 10 nitrogen and oxygen atoms in total. The average Bonchev–Trinajstić information content (AvgIpc) is 3.19. The van der Waals surface area contributed by atoms with Gasteiger partial charge in [0.05, 0.1) is 30.8 Å². The van der Waals surface area contributed by atoms with Gasteiger partial charge >= 0.3 is 5.97 Å². The van der Waals surface area contributed by atoms with Crippen LogP contribution in [0.5, 0.6) is 0 Å². The molecule has 10 heteroatoms. The van der Waals surface area contributed by atoms with Crippen LogP contribution < -0.4 is 10.6 Å². The van der Waals surface area contributed by atoms with Crippen molar-refractivity contribution in [1.29, 1.82) is 0 Å². The molecule has 0 fully saturated rings. The maximum absolute atomic E-state index is 12.4. The fourth-order valence-electron chi connectivity index (χ4n) is 2.24. The highest BCUT2D eigenvalue weighted by atomic mass is 16.5. The smallest absolute Gasteiger partial charge is 0.336 e. The van der Waals surface area contributed by atoms with Crippen LogP contribution in [0.15, 0.2) is 36.7 Å². The lowest BCUT2D eigenvalue weighted by Crippen LogP contribution is -2.46. The maximum Gasteiger partial charge on any atom is 0.336 e. The van der Waals surface area contributed by atoms with Crippen molar-refractivity contribution in [1.82, 2.24) is 25.6 Å². The molecule has 142 valence electrons. The van der Waals surface area contributed by atoms with Crippen LogP contribution in [0.1, 0.15) is 23.7 Å². The molecule has 0 aliphatic rings. The fraction of sp³-hybridized carbons (Fsp3) is 0.294. The number of nitrogens with one attached hydrogen (secondary N) is 2. The summed E-state index contributed by atoms with van der Waals surface area (Å²) in [5.74, 6) is -2.37. The van der Waals surface area contributed by atoms with Gasteiger partial charge in [-0.1, -0.05) is 12.1 Å². The lowest BCUT2D eigenvalue weighted by molar-refractivity contribution is -0.148. The first kappa shape index (κ1) is 19.8. The van der Waals surface area contributed by atoms with Crippen molar-refractivity contribution in [2.45, 2.75) is 19.4 Å². The fourth-order valence-corrected chi connectivity index (χ4v) is 2.24. The van der Waals surface area contributed by atoms with Crippen molar-refractivity contribution in [2.24, 2.45) is 0 Å². The van der Waals surface area contributed by atoms with Crippen molar-refractivity contribution in [3.8, 4) is 5.69 Å². The molecule has 1 unspecified atom stereocenters. The standard InChI is InChI=1S/C17H19N5O5/c1-11(23)15(17(26)27-2)21-14(24)7-8-18-16(25)12-5-3-4-6-13(12)22-19-9-10-20-22/h3-6,9-10,15H,7-8H2,1-2H3,(H,18,25)(H,21,24). The van der Waals surface area contributed by atoms with E-state index in [0.717, 1.165) is 7.11 Å². The second kappa shape index (κ2) is 9.22. The number of nitrogens with zero attached hydrogens (tertiary/aromatic N) is 3. The maximum atomic E-state index is 12.4. The molecule has 0 aliphatic heterocycles. The molecule has 0 radical (unpaired) electrons. The second-order valence-corrected chi connectivity index (χ2v) is 5.48. The van der Waals surface area contributed by atoms with Gasteiger partial charge in [0.15, 0.2) is 11.8 Å². The topological polar surface area (TPSA) is 132 Å². The van der Waals surface area contributed by atoms with E-state index in [1.54, 1.807) is 24.3 Å². The predicted molar refractivity (Wildman–Crippen MR) is 92.9 cm³/mol. The summed E-state index contributed by atoms with van der Waals surface area (Å²) >= 11 is 0. The first-order chi connectivity index (χ1) is 12.9. The number of methoxy groups -OCH3 is 1. The van der Waals surface area contributed by atoms with Crippen LogP contribution in [0, 0.1) is 0 Å². The molecule has 1 aromatic heterocycles. The van der Waals surface area contributed by atoms with E-state index in [4.69, 9.17) is 0 Å². The molecule has 0 spiro atoms. The van der Waals surface area contributed by atoms with Gasteiger partial charge in [0, 0.05) is 13.0 Å². The van der Waals surface area contributed by atoms with E-state index in [2.05, 4.69) is 25.6 Å². The Morgan fingerprint density at radius 1 is 1.15 bits per heavy atom. The summed E-state index contributed by atoms with van der Waals surface area (Å²) in [4.78, 5) is 48.5. The van der Waals surface area contributed by atoms with Crippen LogP contribution in [0.25, 0.3) is 5.69 Å². The summed E-state index contributed by atoms with van der Waals surface area (Å²) in [7, 11) is 1.12. The van der Waals surface area contributed by atoms with Crippen molar-refractivity contribution < 1.29 is 23.9 Å². The molecular weight excluding hydrogens is 354 g/mol. The van der Waals surface area contributed by atoms with Gasteiger partial charge in [-0.2, -0.15) is 15.0 Å². The molecule has 2 N–H and O–H groups in total. The number of aromatic nitrogens is 3. The van der Waals surface area contributed by atoms with E-state index >= 15 is 0 Å². The lowest BCUT2D eigenvalue weighted by atomic mass is 10.1. The Morgan fingerprint density at radius 2 is 1.81 bits per heavy atom. The van der Waals surface area contributed by atoms with Crippen molar-refractivity contribution >= 4 is 23.6 Å². The van der Waals surface area contributed by atoms with E-state index in [9.17, 15) is 19.2 Å². The second-order valence-electron chi connectivity index (χ2n) is 5.48. The molecule has 1 heterocycles. The summed E-state index contributed by atoms with van der Waals surface area (Å²) in [6.07, 6.45) is 2.87. The Kier molecular flexibility index (Phi) is 6.75. The molecule has 2 aromatic rings. The van der Waals surface area contributed by atoms with Crippen LogP contribution in [0.3, 0.4) is 0 Å². The SMILES string of the molecule is COC(=O)C(NC(=O)CCNC(=O)c1ccccc1-n1nccn1)C(C)=O. The number of amides is 2. The Morgan fingerprint density at radius 3 is 2.44 bits per heavy atom. The van der Waals surface area contributed by atoms with Gasteiger partial charge in [0.25, 0.3) is 5.91 Å². The normalized spacial score (nSPS) is 11.3. The number of Topliss-reactive ketones (excluding diaryl/α,β-unsaturated/α-hetero) is 1. The minimum Gasteiger partial charge on any atom is -0.467 e. The van der Waals surface area contributed by atoms with Crippen LogP contribution in [-0.4, -0.2) is 58.3 Å². The van der Waals surface area contributed by atoms with Gasteiger partial charge in [0.2, 0.25) is 5.91 Å². The number of ether oxygens (including phenoxy) is 1. The summed E-state index contributed by atoms with van der Waals surface area (Å²) in [5.41, 5.74) is 0.831. The van der Waals surface area contributed by atoms with Crippen LogP contribution in [-0.2, 0) is 19.1 Å². The van der Waals surface area contributed by atoms with E-state index in [1.165, 1.54) is 24.1 Å². The Hall–Kier alpha value is -3.56. The van der Waals surface area contributed by atoms with Crippen LogP contribution in [0.4, 0.5) is 0 Å². The Bertz CT molecular complexity index is 834. The third-order valence-electron chi connectivity index (χ3n) is 3.57. The highest BCUT2D eigenvalue weighted by Gasteiger charge is 2.25. The zero-order chi connectivity index (χ0) is 19.8. The number of hydrogen-bond donors (Lipinski definition) is 2. The third kappa shape index (κ3) is 5.21. The minimum atomic E-state index is -1.36. The van der Waals surface area contributed by atoms with Gasteiger partial charge in [-0.25, -0.2) is 4.79 Å². The average molecular weight is 373 g/mol. The molecule has 27 heavy (non-hydrogen) atoms. The molecule has 2 amide bonds. The predicted octanol–water partition coefficient (Wildman–Crippen LogP) is -0.366. The number of ketones is 1. The monoisotopic (exact) mass is 373 g/mol. The highest BCUT2D eigenvalue weighted by molar-refractivity contribution is 6.04. The summed E-state index contributed by atoms with van der Waals surface area (Å²) < 4.78 is 4.47. The number of para-hydroxylation sites is 1. The van der Waals surface area contributed by atoms with Crippen LogP contribution in [0.2, 0.25) is 0 Å². The third-order valence-corrected chi connectivity index (χ3v) is 3.57. The zero-order valence-electron chi connectivity index (χ0n) is 14.8. The molecule has 0 aliphatic carbocycles. The van der Waals surface area contributed by atoms with Crippen LogP contribution >= 0.6 is 0 Å². The number of benzene rings is 1. The molecule has 0 bridgehead atoms.